The number of carbonyl (C=O) groups is 1. The van der Waals surface area contributed by atoms with Crippen molar-refractivity contribution in [2.24, 2.45) is 11.7 Å². The highest BCUT2D eigenvalue weighted by Gasteiger charge is 2.54. The summed E-state index contributed by atoms with van der Waals surface area (Å²) in [4.78, 5) is 14.2. The first-order valence-corrected chi connectivity index (χ1v) is 11.1. The molecule has 0 spiro atoms. The molecule has 178 valence electrons. The van der Waals surface area contributed by atoms with E-state index < -0.39 is 65.6 Å². The maximum Gasteiger partial charge on any atom is 0.339 e. The first kappa shape index (κ1) is 23.4. The second kappa shape index (κ2) is 8.87. The summed E-state index contributed by atoms with van der Waals surface area (Å²) in [6, 6.07) is -2.53. The van der Waals surface area contributed by atoms with E-state index in [4.69, 9.17) is 5.73 Å². The minimum Gasteiger partial charge on any atom is -0.376 e. The van der Waals surface area contributed by atoms with E-state index in [2.05, 4.69) is 5.32 Å². The van der Waals surface area contributed by atoms with Crippen LogP contribution in [0.1, 0.15) is 50.5 Å². The molecule has 4 N–H and O–H groups in total. The molecule has 5 atom stereocenters. The van der Waals surface area contributed by atoms with Crippen molar-refractivity contribution in [2.75, 3.05) is 0 Å². The number of hydrogen-bond acceptors (Lipinski definition) is 4. The first-order valence-electron chi connectivity index (χ1n) is 11.1. The van der Waals surface area contributed by atoms with Crippen molar-refractivity contribution in [1.29, 1.82) is 0 Å². The number of halogens is 5. The molecule has 5 nitrogen and oxygen atoms in total. The summed E-state index contributed by atoms with van der Waals surface area (Å²) in [6.45, 7) is 0. The van der Waals surface area contributed by atoms with Crippen LogP contribution in [0.5, 0.6) is 0 Å². The topological polar surface area (TPSA) is 78.6 Å². The number of likely N-dealkylation sites (tertiary alicyclic amines) is 1. The van der Waals surface area contributed by atoms with Crippen molar-refractivity contribution >= 4 is 5.91 Å². The molecule has 1 aromatic carbocycles. The fraction of sp³-hybridized carbons (Fsp3) is 0.682. The van der Waals surface area contributed by atoms with Crippen LogP contribution in [0.2, 0.25) is 0 Å². The zero-order chi connectivity index (χ0) is 23.2. The largest absolute Gasteiger partial charge is 0.376 e. The second-order valence-electron chi connectivity index (χ2n) is 9.29. The van der Waals surface area contributed by atoms with Gasteiger partial charge in [-0.3, -0.25) is 10.1 Å². The van der Waals surface area contributed by atoms with Gasteiger partial charge in [0.25, 0.3) is 5.91 Å². The number of nitrogens with two attached hydrogens (primary N) is 1. The van der Waals surface area contributed by atoms with E-state index in [1.54, 1.807) is 0 Å². The molecular formula is C22H28F5N3O2. The number of benzene rings is 1. The molecule has 10 heteroatoms. The molecule has 4 rings (SSSR count). The third kappa shape index (κ3) is 4.49. The van der Waals surface area contributed by atoms with Crippen molar-refractivity contribution in [2.45, 2.75) is 87.7 Å². The summed E-state index contributed by atoms with van der Waals surface area (Å²) >= 11 is 0. The summed E-state index contributed by atoms with van der Waals surface area (Å²) in [5.74, 6) is -9.55. The standard InChI is InChI=1S/C22H28F5N3O2/c23-14-10-16(25)15(24)8-12(14)9-19(28)22(26,27)21(32)30-17-3-1-2-11(17)4-7-18(30)20(31)29-13-5-6-13/h8,10-11,13,17-20,29,31H,1-7,9,28H2/t11-,17?,18-,19+,20?/m0/s1. The third-order valence-corrected chi connectivity index (χ3v) is 7.03. The molecular weight excluding hydrogens is 433 g/mol. The molecule has 1 aromatic rings. The number of carbonyl (C=O) groups excluding carboxylic acids is 1. The summed E-state index contributed by atoms with van der Waals surface area (Å²) in [7, 11) is 0. The molecule has 1 saturated heterocycles. The van der Waals surface area contributed by atoms with Crippen LogP contribution in [0.25, 0.3) is 0 Å². The number of amides is 1. The van der Waals surface area contributed by atoms with E-state index in [0.717, 1.165) is 37.0 Å². The normalized spacial score (nSPS) is 27.8. The lowest BCUT2D eigenvalue weighted by atomic mass is 9.85. The Hall–Kier alpha value is -1.78. The van der Waals surface area contributed by atoms with Gasteiger partial charge in [-0.15, -0.1) is 0 Å². The van der Waals surface area contributed by atoms with Gasteiger partial charge in [0.15, 0.2) is 11.6 Å². The lowest BCUT2D eigenvalue weighted by Gasteiger charge is -2.47. The molecule has 1 heterocycles. The minimum absolute atomic E-state index is 0.0824. The number of aliphatic hydroxyl groups is 1. The second-order valence-corrected chi connectivity index (χ2v) is 9.29. The Labute approximate surface area is 183 Å². The fourth-order valence-electron chi connectivity index (χ4n) is 5.12. The highest BCUT2D eigenvalue weighted by molar-refractivity contribution is 5.85. The average molecular weight is 461 g/mol. The van der Waals surface area contributed by atoms with Gasteiger partial charge in [-0.1, -0.05) is 6.42 Å². The van der Waals surface area contributed by atoms with Gasteiger partial charge in [0.1, 0.15) is 12.0 Å². The van der Waals surface area contributed by atoms with Gasteiger partial charge in [-0.25, -0.2) is 13.2 Å². The van der Waals surface area contributed by atoms with Gasteiger partial charge in [-0.2, -0.15) is 8.78 Å². The molecule has 1 aliphatic heterocycles. The molecule has 3 aliphatic rings. The van der Waals surface area contributed by atoms with Gasteiger partial charge < -0.3 is 15.7 Å². The van der Waals surface area contributed by atoms with Gasteiger partial charge in [0, 0.05) is 18.2 Å². The van der Waals surface area contributed by atoms with Gasteiger partial charge in [0.2, 0.25) is 0 Å². The molecule has 32 heavy (non-hydrogen) atoms. The number of hydrogen-bond donors (Lipinski definition) is 3. The zero-order valence-electron chi connectivity index (χ0n) is 17.5. The lowest BCUT2D eigenvalue weighted by Crippen LogP contribution is -2.65. The van der Waals surface area contributed by atoms with Crippen molar-refractivity contribution in [3.63, 3.8) is 0 Å². The number of nitrogens with zero attached hydrogens (tertiary/aromatic N) is 1. The Morgan fingerprint density at radius 2 is 1.78 bits per heavy atom. The number of rotatable bonds is 7. The Morgan fingerprint density at radius 3 is 2.47 bits per heavy atom. The van der Waals surface area contributed by atoms with Crippen molar-refractivity contribution in [1.82, 2.24) is 10.2 Å². The van der Waals surface area contributed by atoms with Crippen LogP contribution in [-0.2, 0) is 11.2 Å². The molecule has 3 fully saturated rings. The molecule has 0 aromatic heterocycles. The molecule has 2 unspecified atom stereocenters. The van der Waals surface area contributed by atoms with Crippen molar-refractivity contribution in [3.8, 4) is 0 Å². The Balaban J connectivity index is 1.56. The Kier molecular flexibility index (Phi) is 6.48. The van der Waals surface area contributed by atoms with E-state index in [1.165, 1.54) is 0 Å². The van der Waals surface area contributed by atoms with Gasteiger partial charge in [0.05, 0.1) is 12.1 Å². The van der Waals surface area contributed by atoms with Crippen LogP contribution < -0.4 is 11.1 Å². The van der Waals surface area contributed by atoms with Crippen LogP contribution in [0.4, 0.5) is 22.0 Å². The molecule has 2 saturated carbocycles. The Morgan fingerprint density at radius 1 is 1.09 bits per heavy atom. The zero-order valence-corrected chi connectivity index (χ0v) is 17.5. The molecule has 0 bridgehead atoms. The Bertz CT molecular complexity index is 866. The van der Waals surface area contributed by atoms with Crippen LogP contribution in [0.3, 0.4) is 0 Å². The predicted octanol–water partition coefficient (Wildman–Crippen LogP) is 2.84. The number of piperidine rings is 1. The van der Waals surface area contributed by atoms with Crippen molar-refractivity contribution < 1.29 is 31.9 Å². The number of fused-ring (bicyclic) bond motifs is 1. The van der Waals surface area contributed by atoms with E-state index in [1.807, 2.05) is 0 Å². The molecule has 0 radical (unpaired) electrons. The quantitative estimate of drug-likeness (QED) is 0.332. The monoisotopic (exact) mass is 461 g/mol. The van der Waals surface area contributed by atoms with E-state index in [-0.39, 0.29) is 18.0 Å². The summed E-state index contributed by atoms with van der Waals surface area (Å²) in [5.41, 5.74) is 5.11. The van der Waals surface area contributed by atoms with Gasteiger partial charge >= 0.3 is 5.92 Å². The highest BCUT2D eigenvalue weighted by atomic mass is 19.3. The average Bonchev–Trinajstić information content (AvgIpc) is 3.42. The summed E-state index contributed by atoms with van der Waals surface area (Å²) < 4.78 is 71.1. The van der Waals surface area contributed by atoms with E-state index >= 15 is 8.78 Å². The van der Waals surface area contributed by atoms with Crippen molar-refractivity contribution in [3.05, 3.63) is 35.1 Å². The SMILES string of the molecule is N[C@H](Cc1cc(F)c(F)cc1F)C(F)(F)C(=O)N1C2CCC[C@H]2CC[C@H]1C(O)NC1CC1. The van der Waals surface area contributed by atoms with E-state index in [9.17, 15) is 23.1 Å². The van der Waals surface area contributed by atoms with E-state index in [0.29, 0.717) is 18.9 Å². The lowest BCUT2D eigenvalue weighted by molar-refractivity contribution is -0.174. The maximum atomic E-state index is 15.3. The minimum atomic E-state index is -4.08. The van der Waals surface area contributed by atoms with Crippen LogP contribution >= 0.6 is 0 Å². The van der Waals surface area contributed by atoms with Crippen LogP contribution in [-0.4, -0.2) is 52.2 Å². The van der Waals surface area contributed by atoms with Crippen LogP contribution in [0, 0.1) is 23.4 Å². The fourth-order valence-corrected chi connectivity index (χ4v) is 5.12. The summed E-state index contributed by atoms with van der Waals surface area (Å²) in [5, 5.41) is 13.6. The smallest absolute Gasteiger partial charge is 0.339 e. The summed E-state index contributed by atoms with van der Waals surface area (Å²) in [6.07, 6.45) is 3.08. The molecule has 2 aliphatic carbocycles. The number of alkyl halides is 2. The predicted molar refractivity (Wildman–Crippen MR) is 106 cm³/mol. The third-order valence-electron chi connectivity index (χ3n) is 7.03. The first-order chi connectivity index (χ1) is 15.1. The highest BCUT2D eigenvalue weighted by Crippen LogP contribution is 2.42. The molecule has 1 amide bonds. The maximum absolute atomic E-state index is 15.3. The number of nitrogens with one attached hydrogen (secondary N) is 1. The van der Waals surface area contributed by atoms with Crippen LogP contribution in [0.15, 0.2) is 12.1 Å². The number of aliphatic hydroxyl groups excluding tert-OH is 1. The van der Waals surface area contributed by atoms with Gasteiger partial charge in [-0.05, 0) is 62.5 Å².